The van der Waals surface area contributed by atoms with Gasteiger partial charge in [-0.25, -0.2) is 0 Å². The Bertz CT molecular complexity index is 297. The lowest BCUT2D eigenvalue weighted by Gasteiger charge is -2.40. The number of carbonyl (C=O) groups is 1. The van der Waals surface area contributed by atoms with Crippen LogP contribution in [0.3, 0.4) is 0 Å². The quantitative estimate of drug-likeness (QED) is 0.415. The van der Waals surface area contributed by atoms with Gasteiger partial charge in [-0.2, -0.15) is 0 Å². The third-order valence-corrected chi connectivity index (χ3v) is 2.95. The van der Waals surface area contributed by atoms with Crippen LogP contribution < -0.4 is 5.11 Å². The molecule has 118 valence electrons. The van der Waals surface area contributed by atoms with Crippen LogP contribution in [0, 0.1) is 0 Å². The number of ether oxygens (including phenoxy) is 3. The van der Waals surface area contributed by atoms with Gasteiger partial charge in [0.25, 0.3) is 0 Å². The molecule has 0 aliphatic carbocycles. The molecule has 0 aromatic heterocycles. The second kappa shape index (κ2) is 8.50. The molecular formula is C12H21O8-. The minimum atomic E-state index is -1.77. The van der Waals surface area contributed by atoms with Crippen LogP contribution in [0.25, 0.3) is 0 Å². The molecule has 1 aliphatic heterocycles. The molecule has 20 heavy (non-hydrogen) atoms. The zero-order valence-corrected chi connectivity index (χ0v) is 11.3. The average Bonchev–Trinajstić information content (AvgIpc) is 2.42. The van der Waals surface area contributed by atoms with Gasteiger partial charge in [0.05, 0.1) is 19.2 Å². The number of unbranched alkanes of at least 4 members (excludes halogenated alkanes) is 1. The van der Waals surface area contributed by atoms with Gasteiger partial charge in [0.15, 0.2) is 6.29 Å². The molecule has 1 fully saturated rings. The molecule has 5 unspecified atom stereocenters. The van der Waals surface area contributed by atoms with Gasteiger partial charge >= 0.3 is 0 Å². The maximum Gasteiger partial charge on any atom is 0.187 e. The number of rotatable bonds is 8. The molecule has 1 saturated heterocycles. The molecule has 0 saturated carbocycles. The predicted octanol–water partition coefficient (Wildman–Crippen LogP) is -2.62. The number of carboxylic acids is 1. The fraction of sp³-hybridized carbons (Fsp3) is 0.917. The highest BCUT2D eigenvalue weighted by Crippen LogP contribution is 2.21. The van der Waals surface area contributed by atoms with Gasteiger partial charge in [-0.05, 0) is 6.42 Å². The van der Waals surface area contributed by atoms with Crippen molar-refractivity contribution in [3.8, 4) is 0 Å². The minimum absolute atomic E-state index is 0.0635. The Morgan fingerprint density at radius 2 is 1.85 bits per heavy atom. The van der Waals surface area contributed by atoms with Crippen LogP contribution in [0.1, 0.15) is 19.8 Å². The first-order valence-electron chi connectivity index (χ1n) is 6.59. The normalized spacial score (nSPS) is 34.1. The molecule has 0 aromatic rings. The van der Waals surface area contributed by atoms with Crippen molar-refractivity contribution >= 4 is 5.97 Å². The van der Waals surface area contributed by atoms with E-state index in [9.17, 15) is 25.2 Å². The molecule has 0 aromatic carbocycles. The first-order chi connectivity index (χ1) is 9.49. The summed E-state index contributed by atoms with van der Waals surface area (Å²) in [4.78, 5) is 10.7. The molecule has 0 radical (unpaired) electrons. The molecule has 1 aliphatic rings. The van der Waals surface area contributed by atoms with Crippen LogP contribution in [0.2, 0.25) is 0 Å². The third kappa shape index (κ3) is 4.65. The largest absolute Gasteiger partial charge is 0.547 e. The first kappa shape index (κ1) is 17.3. The highest BCUT2D eigenvalue weighted by molar-refractivity contribution is 5.71. The molecule has 3 N–H and O–H groups in total. The maximum atomic E-state index is 10.7. The molecule has 0 amide bonds. The Morgan fingerprint density at radius 1 is 1.15 bits per heavy atom. The summed E-state index contributed by atoms with van der Waals surface area (Å²) < 4.78 is 15.2. The van der Waals surface area contributed by atoms with Crippen molar-refractivity contribution in [3.63, 3.8) is 0 Å². The SMILES string of the molecule is CCCCOCCOC1OC(C(=O)[O-])C(O)C(O)C1O. The van der Waals surface area contributed by atoms with E-state index in [0.29, 0.717) is 6.61 Å². The van der Waals surface area contributed by atoms with Crippen molar-refractivity contribution in [2.75, 3.05) is 19.8 Å². The lowest BCUT2D eigenvalue weighted by atomic mass is 9.99. The fourth-order valence-electron chi connectivity index (χ4n) is 1.75. The van der Waals surface area contributed by atoms with Crippen LogP contribution in [-0.4, -0.2) is 71.8 Å². The Labute approximate surface area is 116 Å². The molecule has 8 nitrogen and oxygen atoms in total. The number of aliphatic carboxylic acids is 1. The van der Waals surface area contributed by atoms with Crippen molar-refractivity contribution in [2.45, 2.75) is 50.5 Å². The number of aliphatic hydroxyl groups excluding tert-OH is 3. The molecular weight excluding hydrogens is 272 g/mol. The van der Waals surface area contributed by atoms with Gasteiger partial charge in [0, 0.05) is 6.61 Å². The van der Waals surface area contributed by atoms with Crippen molar-refractivity contribution in [1.29, 1.82) is 0 Å². The molecule has 1 heterocycles. The third-order valence-electron chi connectivity index (χ3n) is 2.95. The summed E-state index contributed by atoms with van der Waals surface area (Å²) in [5, 5.41) is 39.3. The summed E-state index contributed by atoms with van der Waals surface area (Å²) in [5.74, 6) is -1.68. The van der Waals surface area contributed by atoms with Gasteiger partial charge in [0.2, 0.25) is 0 Å². The van der Waals surface area contributed by atoms with Gasteiger partial charge in [-0.15, -0.1) is 0 Å². The summed E-state index contributed by atoms with van der Waals surface area (Å²) in [5.41, 5.74) is 0. The zero-order valence-electron chi connectivity index (χ0n) is 11.3. The van der Waals surface area contributed by atoms with Gasteiger partial charge in [-0.1, -0.05) is 13.3 Å². The molecule has 0 spiro atoms. The molecule has 1 rings (SSSR count). The van der Waals surface area contributed by atoms with Crippen LogP contribution in [0.5, 0.6) is 0 Å². The minimum Gasteiger partial charge on any atom is -0.547 e. The summed E-state index contributed by atoms with van der Waals surface area (Å²) >= 11 is 0. The van der Waals surface area contributed by atoms with E-state index in [1.54, 1.807) is 0 Å². The van der Waals surface area contributed by atoms with Gasteiger partial charge in [-0.3, -0.25) is 0 Å². The summed E-state index contributed by atoms with van der Waals surface area (Å²) in [6.45, 7) is 2.92. The van der Waals surface area contributed by atoms with Crippen molar-refractivity contribution < 1.29 is 39.4 Å². The van der Waals surface area contributed by atoms with Crippen LogP contribution >= 0.6 is 0 Å². The van der Waals surface area contributed by atoms with Crippen molar-refractivity contribution in [1.82, 2.24) is 0 Å². The topological polar surface area (TPSA) is 129 Å². The van der Waals surface area contributed by atoms with Gasteiger partial charge in [0.1, 0.15) is 24.4 Å². The average molecular weight is 293 g/mol. The van der Waals surface area contributed by atoms with E-state index in [1.807, 2.05) is 6.92 Å². The number of carbonyl (C=O) groups excluding carboxylic acids is 1. The molecule has 0 bridgehead atoms. The summed E-state index contributed by atoms with van der Waals surface area (Å²) in [7, 11) is 0. The van der Waals surface area contributed by atoms with E-state index in [-0.39, 0.29) is 13.2 Å². The van der Waals surface area contributed by atoms with E-state index < -0.39 is 36.7 Å². The fourth-order valence-corrected chi connectivity index (χ4v) is 1.75. The highest BCUT2D eigenvalue weighted by Gasteiger charge is 2.44. The van der Waals surface area contributed by atoms with Crippen molar-refractivity contribution in [3.05, 3.63) is 0 Å². The zero-order chi connectivity index (χ0) is 15.1. The van der Waals surface area contributed by atoms with Crippen LogP contribution in [0.15, 0.2) is 0 Å². The summed E-state index contributed by atoms with van der Waals surface area (Å²) in [6.07, 6.45) is -6.18. The van der Waals surface area contributed by atoms with Gasteiger partial charge < -0.3 is 39.4 Å². The Hall–Kier alpha value is -0.770. The molecule has 8 heteroatoms. The van der Waals surface area contributed by atoms with E-state index in [1.165, 1.54) is 0 Å². The van der Waals surface area contributed by atoms with E-state index >= 15 is 0 Å². The number of hydrogen-bond donors (Lipinski definition) is 3. The standard InChI is InChI=1S/C12H22O8/c1-2-3-4-18-5-6-19-12-9(15)7(13)8(14)10(20-12)11(16)17/h7-10,12-15H,2-6H2,1H3,(H,16,17)/p-1. The highest BCUT2D eigenvalue weighted by atomic mass is 16.7. The Kier molecular flexibility index (Phi) is 7.35. The lowest BCUT2D eigenvalue weighted by molar-refractivity contribution is -0.349. The number of carboxylic acid groups (broad SMARTS) is 1. The number of aliphatic hydroxyl groups is 3. The van der Waals surface area contributed by atoms with E-state index in [2.05, 4.69) is 0 Å². The lowest BCUT2D eigenvalue weighted by Crippen LogP contribution is -2.62. The summed E-state index contributed by atoms with van der Waals surface area (Å²) in [6, 6.07) is 0. The number of hydrogen-bond acceptors (Lipinski definition) is 8. The maximum absolute atomic E-state index is 10.7. The van der Waals surface area contributed by atoms with E-state index in [4.69, 9.17) is 14.2 Å². The molecule has 5 atom stereocenters. The Balaban J connectivity index is 2.38. The van der Waals surface area contributed by atoms with Crippen LogP contribution in [-0.2, 0) is 19.0 Å². The Morgan fingerprint density at radius 3 is 2.45 bits per heavy atom. The second-order valence-electron chi connectivity index (χ2n) is 4.55. The second-order valence-corrected chi connectivity index (χ2v) is 4.55. The monoisotopic (exact) mass is 293 g/mol. The van der Waals surface area contributed by atoms with Crippen molar-refractivity contribution in [2.24, 2.45) is 0 Å². The first-order valence-corrected chi connectivity index (χ1v) is 6.59. The van der Waals surface area contributed by atoms with E-state index in [0.717, 1.165) is 12.8 Å². The van der Waals surface area contributed by atoms with Crippen LogP contribution in [0.4, 0.5) is 0 Å². The smallest absolute Gasteiger partial charge is 0.187 e. The predicted molar refractivity (Wildman–Crippen MR) is 63.4 cm³/mol.